The first-order chi connectivity index (χ1) is 18.8. The lowest BCUT2D eigenvalue weighted by molar-refractivity contribution is -0.137. The molecule has 0 aliphatic rings. The summed E-state index contributed by atoms with van der Waals surface area (Å²) in [6, 6.07) is 22.2. The standard InChI is InChI=1S/C30H22F3N3O2S/c31-30(32,33)24-11-9-21(10-12-24)28(37)35(17-26-6-3-15-38-26)14-13-25-19-39-29-34-27(18-36(25)29)23-8-7-20-4-1-2-5-22(20)16-23/h1-12,15-16,18-19H,13-14,17H2. The second kappa shape index (κ2) is 10.1. The molecule has 0 unspecified atom stereocenters. The smallest absolute Gasteiger partial charge is 0.416 e. The Morgan fingerprint density at radius 3 is 2.51 bits per heavy atom. The van der Waals surface area contributed by atoms with Gasteiger partial charge in [0.15, 0.2) is 4.96 Å². The molecule has 6 rings (SSSR count). The van der Waals surface area contributed by atoms with Crippen LogP contribution < -0.4 is 0 Å². The molecule has 5 nitrogen and oxygen atoms in total. The minimum absolute atomic E-state index is 0.186. The van der Waals surface area contributed by atoms with Gasteiger partial charge < -0.3 is 9.32 Å². The number of thiazole rings is 1. The zero-order valence-corrected chi connectivity index (χ0v) is 21.4. The Hall–Kier alpha value is -4.37. The first-order valence-electron chi connectivity index (χ1n) is 12.3. The number of carbonyl (C=O) groups excluding carboxylic acids is 1. The highest BCUT2D eigenvalue weighted by molar-refractivity contribution is 7.15. The number of carbonyl (C=O) groups is 1. The average molecular weight is 546 g/mol. The van der Waals surface area contributed by atoms with E-state index < -0.39 is 11.7 Å². The Morgan fingerprint density at radius 2 is 1.77 bits per heavy atom. The molecule has 39 heavy (non-hydrogen) atoms. The van der Waals surface area contributed by atoms with Crippen molar-refractivity contribution in [1.82, 2.24) is 14.3 Å². The molecule has 0 aliphatic carbocycles. The van der Waals surface area contributed by atoms with Crippen LogP contribution in [0.3, 0.4) is 0 Å². The summed E-state index contributed by atoms with van der Waals surface area (Å²) >= 11 is 1.52. The van der Waals surface area contributed by atoms with Crippen molar-refractivity contribution >= 4 is 33.0 Å². The Balaban J connectivity index is 1.24. The fourth-order valence-electron chi connectivity index (χ4n) is 4.57. The molecule has 0 aliphatic heterocycles. The number of fused-ring (bicyclic) bond motifs is 2. The van der Waals surface area contributed by atoms with E-state index in [1.807, 2.05) is 28.1 Å². The van der Waals surface area contributed by atoms with Gasteiger partial charge in [0.05, 0.1) is 24.1 Å². The van der Waals surface area contributed by atoms with E-state index in [0.29, 0.717) is 18.7 Å². The Bertz CT molecular complexity index is 1750. The Morgan fingerprint density at radius 1 is 0.974 bits per heavy atom. The summed E-state index contributed by atoms with van der Waals surface area (Å²) in [6.07, 6.45) is -0.408. The number of amides is 1. The predicted octanol–water partition coefficient (Wildman–Crippen LogP) is 7.71. The Labute approximate surface area is 225 Å². The molecule has 0 radical (unpaired) electrons. The van der Waals surface area contributed by atoms with Gasteiger partial charge in [-0.25, -0.2) is 4.98 Å². The Kier molecular flexibility index (Phi) is 6.44. The van der Waals surface area contributed by atoms with Gasteiger partial charge >= 0.3 is 6.18 Å². The highest BCUT2D eigenvalue weighted by Gasteiger charge is 2.30. The first kappa shape index (κ1) is 24.9. The highest BCUT2D eigenvalue weighted by Crippen LogP contribution is 2.30. The molecule has 0 N–H and O–H groups in total. The number of benzene rings is 3. The van der Waals surface area contributed by atoms with Gasteiger partial charge in [-0.05, 0) is 53.2 Å². The van der Waals surface area contributed by atoms with E-state index >= 15 is 0 Å². The number of alkyl halides is 3. The fourth-order valence-corrected chi connectivity index (χ4v) is 5.48. The lowest BCUT2D eigenvalue weighted by Gasteiger charge is -2.22. The average Bonchev–Trinajstić information content (AvgIpc) is 3.69. The summed E-state index contributed by atoms with van der Waals surface area (Å²) in [5, 5.41) is 4.32. The SMILES string of the molecule is O=C(c1ccc(C(F)(F)F)cc1)N(CCc1csc2nc(-c3ccc4ccccc4c3)cn12)Cc1ccco1. The highest BCUT2D eigenvalue weighted by atomic mass is 32.1. The van der Waals surface area contributed by atoms with Crippen LogP contribution in [0.2, 0.25) is 0 Å². The summed E-state index contributed by atoms with van der Waals surface area (Å²) in [4.78, 5) is 20.6. The van der Waals surface area contributed by atoms with Gasteiger partial charge in [0.25, 0.3) is 5.91 Å². The molecule has 0 saturated heterocycles. The number of hydrogen-bond acceptors (Lipinski definition) is 4. The van der Waals surface area contributed by atoms with Crippen LogP contribution in [-0.4, -0.2) is 26.7 Å². The van der Waals surface area contributed by atoms with Crippen molar-refractivity contribution in [3.05, 3.63) is 119 Å². The molecular weight excluding hydrogens is 523 g/mol. The molecule has 6 aromatic rings. The molecule has 1 amide bonds. The van der Waals surface area contributed by atoms with E-state index in [-0.39, 0.29) is 18.0 Å². The zero-order chi connectivity index (χ0) is 27.0. The van der Waals surface area contributed by atoms with Crippen LogP contribution in [0, 0.1) is 0 Å². The van der Waals surface area contributed by atoms with Crippen molar-refractivity contribution in [2.45, 2.75) is 19.1 Å². The number of aromatic nitrogens is 2. The largest absolute Gasteiger partial charge is 0.467 e. The van der Waals surface area contributed by atoms with Crippen molar-refractivity contribution in [3.8, 4) is 11.3 Å². The van der Waals surface area contributed by atoms with Crippen molar-refractivity contribution < 1.29 is 22.4 Å². The number of halogens is 3. The maximum Gasteiger partial charge on any atom is 0.416 e. The van der Waals surface area contributed by atoms with Crippen LogP contribution in [0.25, 0.3) is 27.0 Å². The number of rotatable bonds is 7. The van der Waals surface area contributed by atoms with E-state index in [1.165, 1.54) is 29.7 Å². The number of nitrogens with zero attached hydrogens (tertiary/aromatic N) is 3. The van der Waals surface area contributed by atoms with E-state index in [2.05, 4.69) is 30.3 Å². The van der Waals surface area contributed by atoms with Gasteiger partial charge in [0.1, 0.15) is 5.76 Å². The molecule has 3 aromatic heterocycles. The van der Waals surface area contributed by atoms with E-state index in [0.717, 1.165) is 44.8 Å². The molecule has 0 spiro atoms. The summed E-state index contributed by atoms with van der Waals surface area (Å²) in [6.45, 7) is 0.544. The summed E-state index contributed by atoms with van der Waals surface area (Å²) in [7, 11) is 0. The zero-order valence-electron chi connectivity index (χ0n) is 20.6. The molecule has 0 bridgehead atoms. The minimum Gasteiger partial charge on any atom is -0.467 e. The monoisotopic (exact) mass is 545 g/mol. The van der Waals surface area contributed by atoms with Gasteiger partial charge in [-0.1, -0.05) is 36.4 Å². The van der Waals surface area contributed by atoms with Gasteiger partial charge in [0, 0.05) is 41.4 Å². The number of imidazole rings is 1. The van der Waals surface area contributed by atoms with Crippen LogP contribution in [0.5, 0.6) is 0 Å². The summed E-state index contributed by atoms with van der Waals surface area (Å²) in [5.41, 5.74) is 2.26. The topological polar surface area (TPSA) is 50.8 Å². The third-order valence-electron chi connectivity index (χ3n) is 6.64. The molecule has 9 heteroatoms. The van der Waals surface area contributed by atoms with Crippen LogP contribution in [0.15, 0.2) is 101 Å². The van der Waals surface area contributed by atoms with Crippen molar-refractivity contribution in [1.29, 1.82) is 0 Å². The fraction of sp³-hybridized carbons (Fsp3) is 0.133. The van der Waals surface area contributed by atoms with Crippen molar-refractivity contribution in [2.75, 3.05) is 6.54 Å². The molecule has 3 aromatic carbocycles. The van der Waals surface area contributed by atoms with Gasteiger partial charge in [-0.15, -0.1) is 11.3 Å². The van der Waals surface area contributed by atoms with Gasteiger partial charge in [0.2, 0.25) is 0 Å². The lowest BCUT2D eigenvalue weighted by atomic mass is 10.1. The molecule has 196 valence electrons. The number of furan rings is 1. The lowest BCUT2D eigenvalue weighted by Crippen LogP contribution is -2.32. The van der Waals surface area contributed by atoms with E-state index in [9.17, 15) is 18.0 Å². The quantitative estimate of drug-likeness (QED) is 0.206. The minimum atomic E-state index is -4.46. The van der Waals surface area contributed by atoms with Crippen molar-refractivity contribution in [2.24, 2.45) is 0 Å². The van der Waals surface area contributed by atoms with E-state index in [4.69, 9.17) is 9.40 Å². The van der Waals surface area contributed by atoms with Gasteiger partial charge in [-0.2, -0.15) is 13.2 Å². The molecule has 0 fully saturated rings. The first-order valence-corrected chi connectivity index (χ1v) is 13.2. The second-order valence-electron chi connectivity index (χ2n) is 9.20. The third-order valence-corrected chi connectivity index (χ3v) is 7.53. The van der Waals surface area contributed by atoms with Crippen LogP contribution >= 0.6 is 11.3 Å². The van der Waals surface area contributed by atoms with Crippen molar-refractivity contribution in [3.63, 3.8) is 0 Å². The van der Waals surface area contributed by atoms with Crippen LogP contribution in [0.4, 0.5) is 13.2 Å². The van der Waals surface area contributed by atoms with Gasteiger partial charge in [-0.3, -0.25) is 9.20 Å². The van der Waals surface area contributed by atoms with E-state index in [1.54, 1.807) is 17.0 Å². The van der Waals surface area contributed by atoms with Crippen LogP contribution in [-0.2, 0) is 19.1 Å². The normalized spacial score (nSPS) is 11.9. The second-order valence-corrected chi connectivity index (χ2v) is 10.0. The third kappa shape index (κ3) is 5.18. The number of hydrogen-bond donors (Lipinski definition) is 0. The van der Waals surface area contributed by atoms with Crippen LogP contribution in [0.1, 0.15) is 27.4 Å². The maximum absolute atomic E-state index is 13.3. The molecular formula is C30H22F3N3O2S. The molecule has 0 saturated carbocycles. The maximum atomic E-state index is 13.3. The molecule has 3 heterocycles. The molecule has 0 atom stereocenters. The summed E-state index contributed by atoms with van der Waals surface area (Å²) < 4.78 is 46.5. The summed E-state index contributed by atoms with van der Waals surface area (Å²) in [5.74, 6) is 0.223. The predicted molar refractivity (Wildman–Crippen MR) is 145 cm³/mol.